The van der Waals surface area contributed by atoms with Crippen LogP contribution in [0.5, 0.6) is 5.75 Å². The molecule has 20 heavy (non-hydrogen) atoms. The summed E-state index contributed by atoms with van der Waals surface area (Å²) in [7, 11) is 2.05. The molecule has 0 bridgehead atoms. The van der Waals surface area contributed by atoms with Crippen LogP contribution in [-0.2, 0) is 13.7 Å². The summed E-state index contributed by atoms with van der Waals surface area (Å²) in [6.07, 6.45) is 0. The maximum absolute atomic E-state index is 5.91. The molecule has 1 aromatic heterocycles. The summed E-state index contributed by atoms with van der Waals surface area (Å²) in [5.74, 6) is 0.928. The largest absolute Gasteiger partial charge is 0.487 e. The lowest BCUT2D eigenvalue weighted by Gasteiger charge is -2.09. The van der Waals surface area contributed by atoms with Gasteiger partial charge in [-0.05, 0) is 42.8 Å². The van der Waals surface area contributed by atoms with Gasteiger partial charge >= 0.3 is 0 Å². The van der Waals surface area contributed by atoms with Crippen molar-refractivity contribution < 1.29 is 4.74 Å². The predicted octanol–water partition coefficient (Wildman–Crippen LogP) is 3.65. The average molecular weight is 266 g/mol. The molecule has 3 heteroatoms. The summed E-state index contributed by atoms with van der Waals surface area (Å²) in [4.78, 5) is 0. The number of ether oxygens (including phenoxy) is 1. The second-order valence-corrected chi connectivity index (χ2v) is 5.07. The van der Waals surface area contributed by atoms with Crippen molar-refractivity contribution >= 4 is 16.6 Å². The smallest absolute Gasteiger partial charge is 0.128 e. The van der Waals surface area contributed by atoms with E-state index in [9.17, 15) is 0 Å². The molecule has 2 aromatic carbocycles. The van der Waals surface area contributed by atoms with Gasteiger partial charge < -0.3 is 15.0 Å². The van der Waals surface area contributed by atoms with Crippen LogP contribution in [0, 0.1) is 6.92 Å². The highest BCUT2D eigenvalue weighted by molar-refractivity contribution is 5.84. The minimum atomic E-state index is 0.552. The van der Waals surface area contributed by atoms with Gasteiger partial charge in [0, 0.05) is 23.6 Å². The molecule has 0 unspecified atom stereocenters. The highest BCUT2D eigenvalue weighted by Crippen LogP contribution is 2.23. The van der Waals surface area contributed by atoms with E-state index in [4.69, 9.17) is 10.5 Å². The van der Waals surface area contributed by atoms with Crippen LogP contribution in [0.15, 0.2) is 48.5 Å². The second kappa shape index (κ2) is 4.93. The number of nitrogens with zero attached hydrogens (tertiary/aromatic N) is 1. The Labute approximate surface area is 118 Å². The minimum absolute atomic E-state index is 0.552. The molecule has 0 aliphatic heterocycles. The lowest BCUT2D eigenvalue weighted by atomic mass is 10.2. The van der Waals surface area contributed by atoms with Crippen molar-refractivity contribution in [1.82, 2.24) is 4.57 Å². The van der Waals surface area contributed by atoms with Gasteiger partial charge in [-0.2, -0.15) is 0 Å². The molecule has 3 nitrogen and oxygen atoms in total. The number of aromatic nitrogens is 1. The van der Waals surface area contributed by atoms with Crippen molar-refractivity contribution in [3.63, 3.8) is 0 Å². The highest BCUT2D eigenvalue weighted by Gasteiger charge is 2.07. The van der Waals surface area contributed by atoms with Crippen LogP contribution in [0.2, 0.25) is 0 Å². The average Bonchev–Trinajstić information content (AvgIpc) is 2.74. The van der Waals surface area contributed by atoms with Crippen LogP contribution >= 0.6 is 0 Å². The molecular weight excluding hydrogens is 248 g/mol. The van der Waals surface area contributed by atoms with E-state index < -0.39 is 0 Å². The molecule has 0 aliphatic rings. The van der Waals surface area contributed by atoms with E-state index in [0.717, 1.165) is 28.1 Å². The zero-order valence-electron chi connectivity index (χ0n) is 11.8. The van der Waals surface area contributed by atoms with E-state index in [1.54, 1.807) is 0 Å². The zero-order chi connectivity index (χ0) is 14.1. The molecule has 0 saturated carbocycles. The van der Waals surface area contributed by atoms with E-state index in [1.807, 2.05) is 36.4 Å². The van der Waals surface area contributed by atoms with Crippen molar-refractivity contribution in [3.8, 4) is 5.75 Å². The fourth-order valence-corrected chi connectivity index (χ4v) is 2.43. The van der Waals surface area contributed by atoms with Gasteiger partial charge in [0.05, 0.1) is 5.69 Å². The number of nitrogens with two attached hydrogens (primary N) is 1. The van der Waals surface area contributed by atoms with Gasteiger partial charge in [0.15, 0.2) is 0 Å². The number of anilines is 1. The Balaban J connectivity index is 1.88. The van der Waals surface area contributed by atoms with Crippen LogP contribution in [0.4, 0.5) is 5.69 Å². The monoisotopic (exact) mass is 266 g/mol. The maximum atomic E-state index is 5.91. The first-order valence-corrected chi connectivity index (χ1v) is 6.67. The van der Waals surface area contributed by atoms with Crippen LogP contribution in [0.25, 0.3) is 10.9 Å². The number of para-hydroxylation sites is 1. The van der Waals surface area contributed by atoms with Gasteiger partial charge in [-0.1, -0.05) is 18.2 Å². The molecule has 3 aromatic rings. The van der Waals surface area contributed by atoms with Gasteiger partial charge in [-0.25, -0.2) is 0 Å². The summed E-state index contributed by atoms with van der Waals surface area (Å²) >= 11 is 0. The number of hydrogen-bond acceptors (Lipinski definition) is 2. The lowest BCUT2D eigenvalue weighted by molar-refractivity contribution is 0.296. The topological polar surface area (TPSA) is 40.2 Å². The molecule has 0 atom stereocenters. The zero-order valence-corrected chi connectivity index (χ0v) is 11.8. The molecule has 0 spiro atoms. The van der Waals surface area contributed by atoms with Gasteiger partial charge in [-0.3, -0.25) is 0 Å². The Morgan fingerprint density at radius 3 is 2.70 bits per heavy atom. The molecule has 2 N–H and O–H groups in total. The SMILES string of the molecule is Cc1ccccc1OCc1cc2cc(N)ccc2n1C. The minimum Gasteiger partial charge on any atom is -0.487 e. The molecule has 3 rings (SSSR count). The van der Waals surface area contributed by atoms with Crippen molar-refractivity contribution in [2.24, 2.45) is 7.05 Å². The van der Waals surface area contributed by atoms with E-state index in [1.165, 1.54) is 5.52 Å². The Morgan fingerprint density at radius 2 is 1.90 bits per heavy atom. The third kappa shape index (κ3) is 2.23. The Hall–Kier alpha value is -2.42. The van der Waals surface area contributed by atoms with Gasteiger partial charge in [0.25, 0.3) is 0 Å². The normalized spacial score (nSPS) is 10.9. The number of fused-ring (bicyclic) bond motifs is 1. The first-order chi connectivity index (χ1) is 9.65. The van der Waals surface area contributed by atoms with Crippen LogP contribution in [0.1, 0.15) is 11.3 Å². The summed E-state index contributed by atoms with van der Waals surface area (Å²) in [6.45, 7) is 2.60. The molecule has 1 heterocycles. The summed E-state index contributed by atoms with van der Waals surface area (Å²) in [6, 6.07) is 16.1. The van der Waals surface area contributed by atoms with Gasteiger partial charge in [0.2, 0.25) is 0 Å². The maximum Gasteiger partial charge on any atom is 0.128 e. The molecule has 0 radical (unpaired) electrons. The number of nitrogen functional groups attached to an aromatic ring is 1. The van der Waals surface area contributed by atoms with Gasteiger partial charge in [0.1, 0.15) is 12.4 Å². The van der Waals surface area contributed by atoms with E-state index in [2.05, 4.69) is 30.7 Å². The van der Waals surface area contributed by atoms with E-state index >= 15 is 0 Å². The highest BCUT2D eigenvalue weighted by atomic mass is 16.5. The predicted molar refractivity (Wildman–Crippen MR) is 82.8 cm³/mol. The summed E-state index contributed by atoms with van der Waals surface area (Å²) in [5, 5.41) is 1.15. The number of hydrogen-bond donors (Lipinski definition) is 1. The Kier molecular flexibility index (Phi) is 3.11. The molecule has 0 amide bonds. The summed E-state index contributed by atoms with van der Waals surface area (Å²) < 4.78 is 8.06. The fourth-order valence-electron chi connectivity index (χ4n) is 2.43. The number of rotatable bonds is 3. The first-order valence-electron chi connectivity index (χ1n) is 6.67. The second-order valence-electron chi connectivity index (χ2n) is 5.07. The van der Waals surface area contributed by atoms with Crippen molar-refractivity contribution in [1.29, 1.82) is 0 Å². The van der Waals surface area contributed by atoms with Crippen LogP contribution < -0.4 is 10.5 Å². The number of benzene rings is 2. The third-order valence-corrected chi connectivity index (χ3v) is 3.64. The van der Waals surface area contributed by atoms with Gasteiger partial charge in [-0.15, -0.1) is 0 Å². The van der Waals surface area contributed by atoms with Crippen LogP contribution in [0.3, 0.4) is 0 Å². The Morgan fingerprint density at radius 1 is 1.10 bits per heavy atom. The summed E-state index contributed by atoms with van der Waals surface area (Å²) in [5.41, 5.74) is 10.1. The molecule has 0 fully saturated rings. The van der Waals surface area contributed by atoms with Crippen molar-refractivity contribution in [2.75, 3.05) is 5.73 Å². The molecule has 0 saturated heterocycles. The van der Waals surface area contributed by atoms with Crippen LogP contribution in [-0.4, -0.2) is 4.57 Å². The third-order valence-electron chi connectivity index (χ3n) is 3.64. The number of aryl methyl sites for hydroxylation is 2. The van der Waals surface area contributed by atoms with Crippen molar-refractivity contribution in [3.05, 3.63) is 59.8 Å². The molecule has 0 aliphatic carbocycles. The van der Waals surface area contributed by atoms with E-state index in [-0.39, 0.29) is 0 Å². The Bertz CT molecular complexity index is 759. The first kappa shape index (κ1) is 12.6. The van der Waals surface area contributed by atoms with Crippen molar-refractivity contribution in [2.45, 2.75) is 13.5 Å². The standard InChI is InChI=1S/C17H18N2O/c1-12-5-3-4-6-17(12)20-11-15-10-13-9-14(18)7-8-16(13)19(15)2/h3-10H,11,18H2,1-2H3. The molecular formula is C17H18N2O. The lowest BCUT2D eigenvalue weighted by Crippen LogP contribution is -2.02. The van der Waals surface area contributed by atoms with E-state index in [0.29, 0.717) is 6.61 Å². The quantitative estimate of drug-likeness (QED) is 0.735. The molecule has 102 valence electrons. The fraction of sp³-hybridized carbons (Fsp3) is 0.176.